The zero-order valence-electron chi connectivity index (χ0n) is 14.4. The van der Waals surface area contributed by atoms with E-state index in [0.29, 0.717) is 6.04 Å². The Morgan fingerprint density at radius 2 is 1.79 bits per heavy atom. The number of para-hydroxylation sites is 1. The van der Waals surface area contributed by atoms with Gasteiger partial charge in [-0.2, -0.15) is 0 Å². The Morgan fingerprint density at radius 1 is 1.04 bits per heavy atom. The van der Waals surface area contributed by atoms with Crippen LogP contribution in [-0.4, -0.2) is 36.1 Å². The minimum atomic E-state index is 0. The minimum absolute atomic E-state index is 0. The molecule has 0 aliphatic carbocycles. The summed E-state index contributed by atoms with van der Waals surface area (Å²) in [5, 5.41) is 4.69. The van der Waals surface area contributed by atoms with Gasteiger partial charge in [0.15, 0.2) is 0 Å². The lowest BCUT2D eigenvalue weighted by Gasteiger charge is -2.34. The number of benzene rings is 1. The van der Waals surface area contributed by atoms with Crippen LogP contribution < -0.4 is 5.32 Å². The number of nitrogens with one attached hydrogen (secondary N) is 1. The number of pyridine rings is 1. The molecule has 2 heterocycles. The minimum Gasteiger partial charge on any atom is -0.314 e. The Morgan fingerprint density at radius 3 is 2.54 bits per heavy atom. The predicted molar refractivity (Wildman–Crippen MR) is 108 cm³/mol. The van der Waals surface area contributed by atoms with E-state index in [-0.39, 0.29) is 24.8 Å². The molecule has 24 heavy (non-hydrogen) atoms. The smallest absolute Gasteiger partial charge is 0.0706 e. The number of hydrogen-bond donors (Lipinski definition) is 1. The van der Waals surface area contributed by atoms with Crippen LogP contribution in [0.2, 0.25) is 0 Å². The third-order valence-electron chi connectivity index (χ3n) is 4.63. The van der Waals surface area contributed by atoms with Gasteiger partial charge in [-0.1, -0.05) is 50.5 Å². The topological polar surface area (TPSA) is 28.2 Å². The Hall–Kier alpha value is -0.870. The van der Waals surface area contributed by atoms with E-state index >= 15 is 0 Å². The Kier molecular flexibility index (Phi) is 9.60. The van der Waals surface area contributed by atoms with Gasteiger partial charge < -0.3 is 5.32 Å². The molecule has 134 valence electrons. The fourth-order valence-electron chi connectivity index (χ4n) is 3.37. The average molecular weight is 370 g/mol. The van der Waals surface area contributed by atoms with Gasteiger partial charge in [0, 0.05) is 31.6 Å². The number of fused-ring (bicyclic) bond motifs is 1. The van der Waals surface area contributed by atoms with Crippen molar-refractivity contribution in [3.05, 3.63) is 42.1 Å². The third kappa shape index (κ3) is 5.32. The number of unbranched alkanes of at least 4 members (excludes halogenated alkanes) is 2. The largest absolute Gasteiger partial charge is 0.314 e. The van der Waals surface area contributed by atoms with E-state index in [4.69, 9.17) is 4.98 Å². The van der Waals surface area contributed by atoms with Gasteiger partial charge >= 0.3 is 0 Å². The first-order valence-electron chi connectivity index (χ1n) is 8.69. The third-order valence-corrected chi connectivity index (χ3v) is 4.63. The summed E-state index contributed by atoms with van der Waals surface area (Å²) in [5.41, 5.74) is 2.37. The van der Waals surface area contributed by atoms with Crippen LogP contribution in [0, 0.1) is 0 Å². The van der Waals surface area contributed by atoms with Gasteiger partial charge in [-0.25, -0.2) is 0 Å². The molecule has 2 aromatic rings. The number of rotatable bonds is 6. The van der Waals surface area contributed by atoms with Crippen molar-refractivity contribution in [2.75, 3.05) is 26.2 Å². The lowest BCUT2D eigenvalue weighted by molar-refractivity contribution is 0.160. The van der Waals surface area contributed by atoms with Gasteiger partial charge in [-0.05, 0) is 18.6 Å². The molecule has 1 aliphatic heterocycles. The molecule has 1 saturated heterocycles. The number of halogens is 2. The van der Waals surface area contributed by atoms with Crippen LogP contribution >= 0.6 is 24.8 Å². The second-order valence-electron chi connectivity index (χ2n) is 6.23. The van der Waals surface area contributed by atoms with Crippen LogP contribution in [-0.2, 0) is 0 Å². The molecule has 1 aliphatic rings. The van der Waals surface area contributed by atoms with Gasteiger partial charge in [-0.3, -0.25) is 9.88 Å². The van der Waals surface area contributed by atoms with Gasteiger partial charge in [0.05, 0.1) is 17.3 Å². The molecule has 0 spiro atoms. The lowest BCUT2D eigenvalue weighted by Crippen LogP contribution is -2.45. The van der Waals surface area contributed by atoms with Gasteiger partial charge in [-0.15, -0.1) is 24.8 Å². The lowest BCUT2D eigenvalue weighted by atomic mass is 10.0. The van der Waals surface area contributed by atoms with E-state index in [0.717, 1.165) is 31.7 Å². The zero-order chi connectivity index (χ0) is 15.2. The Balaban J connectivity index is 0.00000144. The van der Waals surface area contributed by atoms with Crippen molar-refractivity contribution >= 4 is 35.7 Å². The summed E-state index contributed by atoms with van der Waals surface area (Å²) in [7, 11) is 0. The van der Waals surface area contributed by atoms with Crippen LogP contribution in [0.5, 0.6) is 0 Å². The summed E-state index contributed by atoms with van der Waals surface area (Å²) in [6, 6.07) is 13.4. The molecule has 0 saturated carbocycles. The molecule has 3 nitrogen and oxygen atoms in total. The van der Waals surface area contributed by atoms with E-state index in [9.17, 15) is 0 Å². The standard InChI is InChI=1S/C19H27N3.2ClH/c1-2-3-4-9-19(22-14-12-20-13-15-22)18-11-10-16-7-5-6-8-17(16)21-18;;/h5-8,10-11,19-20H,2-4,9,12-15H2,1H3;2*1H/t19-;;/m0../s1. The average Bonchev–Trinajstić information content (AvgIpc) is 2.59. The molecule has 5 heteroatoms. The highest BCUT2D eigenvalue weighted by Gasteiger charge is 2.22. The Labute approximate surface area is 158 Å². The van der Waals surface area contributed by atoms with Crippen LogP contribution in [0.4, 0.5) is 0 Å². The molecule has 1 atom stereocenters. The molecule has 1 fully saturated rings. The van der Waals surface area contributed by atoms with Crippen LogP contribution in [0.25, 0.3) is 10.9 Å². The van der Waals surface area contributed by atoms with Gasteiger partial charge in [0.25, 0.3) is 0 Å². The molecular formula is C19H29Cl2N3. The first kappa shape index (κ1) is 21.2. The van der Waals surface area contributed by atoms with Crippen LogP contribution in [0.15, 0.2) is 36.4 Å². The van der Waals surface area contributed by atoms with E-state index < -0.39 is 0 Å². The molecular weight excluding hydrogens is 341 g/mol. The van der Waals surface area contributed by atoms with Crippen molar-refractivity contribution in [2.45, 2.75) is 38.6 Å². The maximum atomic E-state index is 4.97. The summed E-state index contributed by atoms with van der Waals surface area (Å²) >= 11 is 0. The fraction of sp³-hybridized carbons (Fsp3) is 0.526. The second-order valence-corrected chi connectivity index (χ2v) is 6.23. The normalized spacial score (nSPS) is 16.2. The summed E-state index contributed by atoms with van der Waals surface area (Å²) in [6.07, 6.45) is 5.11. The summed E-state index contributed by atoms with van der Waals surface area (Å²) in [4.78, 5) is 7.58. The maximum absolute atomic E-state index is 4.97. The van der Waals surface area contributed by atoms with Crippen molar-refractivity contribution in [3.63, 3.8) is 0 Å². The first-order valence-corrected chi connectivity index (χ1v) is 8.69. The van der Waals surface area contributed by atoms with Gasteiger partial charge in [0.2, 0.25) is 0 Å². The van der Waals surface area contributed by atoms with Crippen molar-refractivity contribution in [1.82, 2.24) is 15.2 Å². The monoisotopic (exact) mass is 369 g/mol. The highest BCUT2D eigenvalue weighted by Crippen LogP contribution is 2.27. The van der Waals surface area contributed by atoms with Crippen molar-refractivity contribution in [3.8, 4) is 0 Å². The molecule has 0 unspecified atom stereocenters. The number of aromatic nitrogens is 1. The first-order chi connectivity index (χ1) is 10.9. The predicted octanol–water partition coefficient (Wildman–Crippen LogP) is 4.61. The number of hydrogen-bond acceptors (Lipinski definition) is 3. The zero-order valence-corrected chi connectivity index (χ0v) is 16.0. The van der Waals surface area contributed by atoms with E-state index in [1.165, 1.54) is 36.8 Å². The van der Waals surface area contributed by atoms with E-state index in [1.807, 2.05) is 0 Å². The fourth-order valence-corrected chi connectivity index (χ4v) is 3.37. The molecule has 0 bridgehead atoms. The molecule has 0 amide bonds. The van der Waals surface area contributed by atoms with Crippen molar-refractivity contribution in [1.29, 1.82) is 0 Å². The molecule has 1 aromatic heterocycles. The number of nitrogens with zero attached hydrogens (tertiary/aromatic N) is 2. The van der Waals surface area contributed by atoms with Crippen molar-refractivity contribution in [2.24, 2.45) is 0 Å². The summed E-state index contributed by atoms with van der Waals surface area (Å²) in [5.74, 6) is 0. The number of piperazine rings is 1. The van der Waals surface area contributed by atoms with Crippen molar-refractivity contribution < 1.29 is 0 Å². The van der Waals surface area contributed by atoms with Crippen LogP contribution in [0.1, 0.15) is 44.3 Å². The second kappa shape index (κ2) is 10.9. The quantitative estimate of drug-likeness (QED) is 0.753. The summed E-state index contributed by atoms with van der Waals surface area (Å²) in [6.45, 7) is 6.72. The van der Waals surface area contributed by atoms with E-state index in [1.54, 1.807) is 0 Å². The summed E-state index contributed by atoms with van der Waals surface area (Å²) < 4.78 is 0. The molecule has 0 radical (unpaired) electrons. The Bertz CT molecular complexity index is 600. The van der Waals surface area contributed by atoms with Gasteiger partial charge in [0.1, 0.15) is 0 Å². The van der Waals surface area contributed by atoms with E-state index in [2.05, 4.69) is 53.5 Å². The highest BCUT2D eigenvalue weighted by atomic mass is 35.5. The maximum Gasteiger partial charge on any atom is 0.0706 e. The highest BCUT2D eigenvalue weighted by molar-refractivity contribution is 5.85. The SMILES string of the molecule is CCCCC[C@@H](c1ccc2ccccc2n1)N1CCNCC1.Cl.Cl. The molecule has 3 rings (SSSR count). The molecule has 1 aromatic carbocycles. The van der Waals surface area contributed by atoms with Crippen LogP contribution in [0.3, 0.4) is 0 Å². The molecule has 1 N–H and O–H groups in total.